The number of para-hydroxylation sites is 2. The Morgan fingerprint density at radius 2 is 1.58 bits per heavy atom. The number of aromatic nitrogens is 3. The smallest absolute Gasteiger partial charge is 0.253 e. The third kappa shape index (κ3) is 3.54. The van der Waals surface area contributed by atoms with E-state index in [1.54, 1.807) is 17.7 Å². The summed E-state index contributed by atoms with van der Waals surface area (Å²) in [6.45, 7) is 9.48. The number of carbonyl (C=O) groups excluding carboxylic acids is 1. The van der Waals surface area contributed by atoms with Crippen LogP contribution in [0.4, 0.5) is 5.69 Å². The molecule has 1 unspecified atom stereocenters. The van der Waals surface area contributed by atoms with E-state index in [0.717, 1.165) is 39.1 Å². The third-order valence-corrected chi connectivity index (χ3v) is 5.73. The summed E-state index contributed by atoms with van der Waals surface area (Å²) in [5.41, 5.74) is 5.62. The molecule has 0 saturated carbocycles. The Hall–Kier alpha value is -3.67. The molecule has 1 N–H and O–H groups in total. The Morgan fingerprint density at radius 1 is 0.935 bits per heavy atom. The Balaban J connectivity index is 1.89. The van der Waals surface area contributed by atoms with Crippen molar-refractivity contribution in [3.05, 3.63) is 87.3 Å². The van der Waals surface area contributed by atoms with Gasteiger partial charge in [0.2, 0.25) is 5.91 Å². The molecule has 4 aromatic rings. The van der Waals surface area contributed by atoms with Crippen molar-refractivity contribution in [2.45, 2.75) is 40.7 Å². The highest BCUT2D eigenvalue weighted by Gasteiger charge is 2.24. The molecule has 2 heterocycles. The van der Waals surface area contributed by atoms with Gasteiger partial charge in [0, 0.05) is 17.1 Å². The molecule has 0 bridgehead atoms. The van der Waals surface area contributed by atoms with Crippen molar-refractivity contribution >= 4 is 22.6 Å². The molecule has 2 aromatic carbocycles. The maximum absolute atomic E-state index is 13.3. The zero-order valence-corrected chi connectivity index (χ0v) is 18.4. The molecule has 2 aromatic heterocycles. The van der Waals surface area contributed by atoms with Crippen molar-refractivity contribution in [1.82, 2.24) is 14.3 Å². The highest BCUT2D eigenvalue weighted by Crippen LogP contribution is 2.27. The van der Waals surface area contributed by atoms with Gasteiger partial charge in [-0.05, 0) is 63.4 Å². The van der Waals surface area contributed by atoms with Crippen molar-refractivity contribution in [1.29, 1.82) is 0 Å². The average molecular weight is 415 g/mol. The van der Waals surface area contributed by atoms with Crippen molar-refractivity contribution in [2.24, 2.45) is 0 Å². The van der Waals surface area contributed by atoms with Gasteiger partial charge in [0.1, 0.15) is 11.7 Å². The molecule has 4 rings (SSSR count). The van der Waals surface area contributed by atoms with Crippen molar-refractivity contribution in [3.63, 3.8) is 0 Å². The average Bonchev–Trinajstić information content (AvgIpc) is 3.08. The van der Waals surface area contributed by atoms with Gasteiger partial charge in [-0.2, -0.15) is 5.10 Å². The standard InChI is InChI=1S/C25H26N4O2/c1-15-10-9-11-16(2)23(15)26-24(31)19(5)28-21(30)14-17(3)22-18(4)27-29(25(22)28)20-12-7-6-8-13-20/h6-14,19H,1-5H3,(H,26,31). The van der Waals surface area contributed by atoms with Gasteiger partial charge in [0.15, 0.2) is 0 Å². The summed E-state index contributed by atoms with van der Waals surface area (Å²) < 4.78 is 3.29. The Kier molecular flexibility index (Phi) is 5.23. The second-order valence-electron chi connectivity index (χ2n) is 8.00. The van der Waals surface area contributed by atoms with Gasteiger partial charge in [0.25, 0.3) is 5.56 Å². The first-order valence-electron chi connectivity index (χ1n) is 10.3. The maximum Gasteiger partial charge on any atom is 0.253 e. The van der Waals surface area contributed by atoms with E-state index in [0.29, 0.717) is 5.65 Å². The predicted octanol–water partition coefficient (Wildman–Crippen LogP) is 4.62. The Morgan fingerprint density at radius 3 is 2.23 bits per heavy atom. The van der Waals surface area contributed by atoms with Gasteiger partial charge in [-0.25, -0.2) is 4.68 Å². The Labute approximate surface area is 181 Å². The minimum absolute atomic E-state index is 0.230. The zero-order valence-electron chi connectivity index (χ0n) is 18.4. The summed E-state index contributed by atoms with van der Waals surface area (Å²) in [5, 5.41) is 8.61. The van der Waals surface area contributed by atoms with Crippen LogP contribution in [0.2, 0.25) is 0 Å². The van der Waals surface area contributed by atoms with Crippen LogP contribution in [0.15, 0.2) is 59.4 Å². The number of benzene rings is 2. The molecule has 6 nitrogen and oxygen atoms in total. The topological polar surface area (TPSA) is 68.9 Å². The predicted molar refractivity (Wildman–Crippen MR) is 124 cm³/mol. The summed E-state index contributed by atoms with van der Waals surface area (Å²) in [4.78, 5) is 26.4. The number of hydrogen-bond donors (Lipinski definition) is 1. The molecular formula is C25H26N4O2. The van der Waals surface area contributed by atoms with Crippen LogP contribution in [-0.4, -0.2) is 20.3 Å². The molecule has 1 amide bonds. The molecule has 0 saturated heterocycles. The fourth-order valence-corrected chi connectivity index (χ4v) is 4.11. The van der Waals surface area contributed by atoms with E-state index in [2.05, 4.69) is 5.32 Å². The van der Waals surface area contributed by atoms with Crippen LogP contribution in [0.25, 0.3) is 16.7 Å². The second-order valence-corrected chi connectivity index (χ2v) is 8.00. The number of pyridine rings is 1. The lowest BCUT2D eigenvalue weighted by molar-refractivity contribution is -0.118. The monoisotopic (exact) mass is 414 g/mol. The number of nitrogens with zero attached hydrogens (tertiary/aromatic N) is 3. The van der Waals surface area contributed by atoms with Crippen LogP contribution in [0.1, 0.15) is 35.3 Å². The molecule has 0 fully saturated rings. The van der Waals surface area contributed by atoms with E-state index in [1.165, 1.54) is 4.57 Å². The van der Waals surface area contributed by atoms with Crippen molar-refractivity contribution in [3.8, 4) is 5.69 Å². The van der Waals surface area contributed by atoms with E-state index >= 15 is 0 Å². The number of rotatable bonds is 4. The van der Waals surface area contributed by atoms with Crippen LogP contribution >= 0.6 is 0 Å². The molecule has 0 radical (unpaired) electrons. The quantitative estimate of drug-likeness (QED) is 0.530. The number of hydrogen-bond acceptors (Lipinski definition) is 3. The van der Waals surface area contributed by atoms with Gasteiger partial charge in [-0.15, -0.1) is 0 Å². The van der Waals surface area contributed by atoms with Crippen molar-refractivity contribution in [2.75, 3.05) is 5.32 Å². The molecule has 0 aliphatic heterocycles. The second kappa shape index (κ2) is 7.87. The van der Waals surface area contributed by atoms with Crippen molar-refractivity contribution < 1.29 is 4.79 Å². The molecule has 0 aliphatic rings. The van der Waals surface area contributed by atoms with E-state index in [9.17, 15) is 9.59 Å². The maximum atomic E-state index is 13.3. The summed E-state index contributed by atoms with van der Waals surface area (Å²) >= 11 is 0. The lowest BCUT2D eigenvalue weighted by Crippen LogP contribution is -2.33. The van der Waals surface area contributed by atoms with E-state index in [1.807, 2.05) is 76.2 Å². The molecule has 0 aliphatic carbocycles. The third-order valence-electron chi connectivity index (χ3n) is 5.73. The lowest BCUT2D eigenvalue weighted by atomic mass is 10.1. The number of carbonyl (C=O) groups is 1. The fraction of sp³-hybridized carbons (Fsp3) is 0.240. The first kappa shape index (κ1) is 20.6. The largest absolute Gasteiger partial charge is 0.324 e. The van der Waals surface area contributed by atoms with Crippen LogP contribution in [0.3, 0.4) is 0 Å². The molecule has 6 heteroatoms. The highest BCUT2D eigenvalue weighted by molar-refractivity contribution is 5.96. The molecular weight excluding hydrogens is 388 g/mol. The number of aryl methyl sites for hydroxylation is 4. The molecule has 31 heavy (non-hydrogen) atoms. The van der Waals surface area contributed by atoms with Crippen LogP contribution in [0.5, 0.6) is 0 Å². The first-order valence-corrected chi connectivity index (χ1v) is 10.3. The summed E-state index contributed by atoms with van der Waals surface area (Å²) in [7, 11) is 0. The fourth-order valence-electron chi connectivity index (χ4n) is 4.11. The molecule has 1 atom stereocenters. The number of fused-ring (bicyclic) bond motifs is 1. The zero-order chi connectivity index (χ0) is 22.3. The van der Waals surface area contributed by atoms with Gasteiger partial charge in [-0.3, -0.25) is 14.2 Å². The highest BCUT2D eigenvalue weighted by atomic mass is 16.2. The summed E-state index contributed by atoms with van der Waals surface area (Å²) in [5.74, 6) is -0.247. The number of amides is 1. The van der Waals surface area contributed by atoms with Gasteiger partial charge < -0.3 is 5.32 Å². The van der Waals surface area contributed by atoms with Gasteiger partial charge in [0.05, 0.1) is 11.4 Å². The minimum Gasteiger partial charge on any atom is -0.324 e. The van der Waals surface area contributed by atoms with E-state index < -0.39 is 6.04 Å². The van der Waals surface area contributed by atoms with Gasteiger partial charge in [-0.1, -0.05) is 36.4 Å². The molecule has 0 spiro atoms. The van der Waals surface area contributed by atoms with E-state index in [4.69, 9.17) is 5.10 Å². The SMILES string of the molecule is Cc1cccc(C)c1NC(=O)C(C)n1c(=O)cc(C)c2c(C)nn(-c3ccccc3)c21. The minimum atomic E-state index is -0.729. The van der Waals surface area contributed by atoms with Crippen LogP contribution in [0, 0.1) is 27.7 Å². The van der Waals surface area contributed by atoms with Crippen LogP contribution < -0.4 is 10.9 Å². The van der Waals surface area contributed by atoms with E-state index in [-0.39, 0.29) is 11.5 Å². The van der Waals surface area contributed by atoms with Crippen LogP contribution in [-0.2, 0) is 4.79 Å². The normalized spacial score (nSPS) is 12.2. The number of nitrogens with one attached hydrogen (secondary N) is 1. The molecule has 158 valence electrons. The summed E-state index contributed by atoms with van der Waals surface area (Å²) in [6.07, 6.45) is 0. The Bertz CT molecular complexity index is 1330. The summed E-state index contributed by atoms with van der Waals surface area (Å²) in [6, 6.07) is 16.4. The lowest BCUT2D eigenvalue weighted by Gasteiger charge is -2.20. The van der Waals surface area contributed by atoms with Gasteiger partial charge >= 0.3 is 0 Å². The first-order chi connectivity index (χ1) is 14.8. The number of anilines is 1.